The summed E-state index contributed by atoms with van der Waals surface area (Å²) in [5.41, 5.74) is 2.10. The molecule has 0 N–H and O–H groups in total. The van der Waals surface area contributed by atoms with E-state index in [1.165, 1.54) is 0 Å². The molecule has 0 spiro atoms. The van der Waals surface area contributed by atoms with Gasteiger partial charge in [-0.1, -0.05) is 35.8 Å². The van der Waals surface area contributed by atoms with Gasteiger partial charge in [0.2, 0.25) is 5.88 Å². The number of pyridine rings is 1. The lowest BCUT2D eigenvalue weighted by Gasteiger charge is -2.12. The number of fused-ring (bicyclic) bond motifs is 1. The summed E-state index contributed by atoms with van der Waals surface area (Å²) in [6.07, 6.45) is 0. The van der Waals surface area contributed by atoms with Crippen molar-refractivity contribution in [3.63, 3.8) is 0 Å². The molecule has 2 nitrogen and oxygen atoms in total. The van der Waals surface area contributed by atoms with E-state index in [-0.39, 0.29) is 0 Å². The molecule has 0 radical (unpaired) electrons. The molecule has 3 heteroatoms. The molecule has 2 aromatic rings. The molecule has 0 saturated carbocycles. The van der Waals surface area contributed by atoms with Crippen LogP contribution in [0.15, 0.2) is 28.7 Å². The summed E-state index contributed by atoms with van der Waals surface area (Å²) in [5, 5.41) is 1.15. The van der Waals surface area contributed by atoms with Gasteiger partial charge in [0.1, 0.15) is 0 Å². The average molecular weight is 280 g/mol. The van der Waals surface area contributed by atoms with Gasteiger partial charge in [-0.05, 0) is 24.1 Å². The molecule has 0 atom stereocenters. The Morgan fingerprint density at radius 2 is 2.00 bits per heavy atom. The lowest BCUT2D eigenvalue weighted by Crippen LogP contribution is -1.97. The van der Waals surface area contributed by atoms with E-state index < -0.39 is 0 Å². The fourth-order valence-electron chi connectivity index (χ4n) is 1.72. The minimum Gasteiger partial charge on any atom is -0.481 e. The van der Waals surface area contributed by atoms with Crippen molar-refractivity contribution in [3.05, 3.63) is 34.3 Å². The minimum absolute atomic E-state index is 0.412. The molecular formula is C13H14BrNO. The van der Waals surface area contributed by atoms with Gasteiger partial charge < -0.3 is 4.74 Å². The van der Waals surface area contributed by atoms with Crippen molar-refractivity contribution in [2.75, 3.05) is 7.11 Å². The van der Waals surface area contributed by atoms with Gasteiger partial charge in [-0.3, -0.25) is 0 Å². The number of halogens is 1. The Morgan fingerprint density at radius 3 is 2.62 bits per heavy atom. The van der Waals surface area contributed by atoms with E-state index in [9.17, 15) is 0 Å². The Bertz CT molecular complexity index is 523. The standard InChI is InChI=1S/C13H14BrNO/c1-8(2)11-6-9-4-5-10(14)7-12(9)15-13(11)16-3/h4-8H,1-3H3. The summed E-state index contributed by atoms with van der Waals surface area (Å²) in [6.45, 7) is 4.29. The van der Waals surface area contributed by atoms with E-state index >= 15 is 0 Å². The van der Waals surface area contributed by atoms with Crippen molar-refractivity contribution in [2.24, 2.45) is 0 Å². The van der Waals surface area contributed by atoms with Crippen LogP contribution in [0.2, 0.25) is 0 Å². The Morgan fingerprint density at radius 1 is 1.25 bits per heavy atom. The number of benzene rings is 1. The molecule has 2 rings (SSSR count). The fourth-order valence-corrected chi connectivity index (χ4v) is 2.07. The van der Waals surface area contributed by atoms with Gasteiger partial charge in [-0.25, -0.2) is 4.98 Å². The first-order valence-electron chi connectivity index (χ1n) is 5.26. The third-order valence-electron chi connectivity index (χ3n) is 2.59. The molecule has 1 heterocycles. The maximum atomic E-state index is 5.33. The molecule has 0 bridgehead atoms. The molecule has 0 aliphatic heterocycles. The lowest BCUT2D eigenvalue weighted by atomic mass is 10.0. The van der Waals surface area contributed by atoms with E-state index in [2.05, 4.69) is 46.9 Å². The van der Waals surface area contributed by atoms with Gasteiger partial charge in [0, 0.05) is 15.4 Å². The van der Waals surface area contributed by atoms with Crippen molar-refractivity contribution in [1.82, 2.24) is 4.98 Å². The first-order chi connectivity index (χ1) is 7.61. The van der Waals surface area contributed by atoms with Crippen molar-refractivity contribution in [3.8, 4) is 5.88 Å². The zero-order valence-electron chi connectivity index (χ0n) is 9.62. The second-order valence-corrected chi connectivity index (χ2v) is 4.99. The van der Waals surface area contributed by atoms with Crippen LogP contribution in [0.4, 0.5) is 0 Å². The van der Waals surface area contributed by atoms with E-state index in [1.807, 2.05) is 12.1 Å². The first-order valence-corrected chi connectivity index (χ1v) is 6.05. The maximum absolute atomic E-state index is 5.33. The highest BCUT2D eigenvalue weighted by Crippen LogP contribution is 2.29. The van der Waals surface area contributed by atoms with Crippen molar-refractivity contribution in [2.45, 2.75) is 19.8 Å². The number of hydrogen-bond acceptors (Lipinski definition) is 2. The van der Waals surface area contributed by atoms with Crippen LogP contribution in [0.3, 0.4) is 0 Å². The van der Waals surface area contributed by atoms with Crippen molar-refractivity contribution >= 4 is 26.8 Å². The maximum Gasteiger partial charge on any atom is 0.217 e. The van der Waals surface area contributed by atoms with Crippen LogP contribution in [0.5, 0.6) is 5.88 Å². The Kier molecular flexibility index (Phi) is 3.15. The van der Waals surface area contributed by atoms with E-state index in [4.69, 9.17) is 4.74 Å². The van der Waals surface area contributed by atoms with Gasteiger partial charge in [0.25, 0.3) is 0 Å². The summed E-state index contributed by atoms with van der Waals surface area (Å²) in [5.74, 6) is 1.14. The van der Waals surface area contributed by atoms with Crippen LogP contribution in [0.25, 0.3) is 10.9 Å². The van der Waals surface area contributed by atoms with Crippen LogP contribution in [0.1, 0.15) is 25.3 Å². The summed E-state index contributed by atoms with van der Waals surface area (Å²) in [4.78, 5) is 4.52. The molecule has 84 valence electrons. The number of rotatable bonds is 2. The smallest absolute Gasteiger partial charge is 0.217 e. The monoisotopic (exact) mass is 279 g/mol. The van der Waals surface area contributed by atoms with Crippen LogP contribution in [0, 0.1) is 0 Å². The predicted molar refractivity (Wildman–Crippen MR) is 70.1 cm³/mol. The van der Waals surface area contributed by atoms with E-state index in [0.29, 0.717) is 5.92 Å². The number of aromatic nitrogens is 1. The summed E-state index contributed by atoms with van der Waals surface area (Å²) in [6, 6.07) is 8.25. The van der Waals surface area contributed by atoms with E-state index in [0.717, 1.165) is 26.8 Å². The SMILES string of the molecule is COc1nc2cc(Br)ccc2cc1C(C)C. The second kappa shape index (κ2) is 4.42. The van der Waals surface area contributed by atoms with Crippen LogP contribution >= 0.6 is 15.9 Å². The normalized spacial score (nSPS) is 11.1. The molecule has 16 heavy (non-hydrogen) atoms. The molecule has 1 aromatic heterocycles. The van der Waals surface area contributed by atoms with Crippen molar-refractivity contribution in [1.29, 1.82) is 0 Å². The molecular weight excluding hydrogens is 266 g/mol. The zero-order chi connectivity index (χ0) is 11.7. The number of ether oxygens (including phenoxy) is 1. The third-order valence-corrected chi connectivity index (χ3v) is 3.08. The van der Waals surface area contributed by atoms with Crippen LogP contribution in [-0.2, 0) is 0 Å². The predicted octanol–water partition coefficient (Wildman–Crippen LogP) is 4.13. The lowest BCUT2D eigenvalue weighted by molar-refractivity contribution is 0.392. The highest BCUT2D eigenvalue weighted by atomic mass is 79.9. The van der Waals surface area contributed by atoms with Gasteiger partial charge in [-0.2, -0.15) is 0 Å². The molecule has 0 aliphatic rings. The molecule has 0 unspecified atom stereocenters. The molecule has 0 aliphatic carbocycles. The Labute approximate surface area is 104 Å². The van der Waals surface area contributed by atoms with Gasteiger partial charge in [0.05, 0.1) is 12.6 Å². The molecule has 0 fully saturated rings. The fraction of sp³-hybridized carbons (Fsp3) is 0.308. The highest BCUT2D eigenvalue weighted by Gasteiger charge is 2.10. The summed E-state index contributed by atoms with van der Waals surface area (Å²) < 4.78 is 6.36. The number of methoxy groups -OCH3 is 1. The van der Waals surface area contributed by atoms with Crippen molar-refractivity contribution < 1.29 is 4.74 Å². The topological polar surface area (TPSA) is 22.1 Å². The van der Waals surface area contributed by atoms with E-state index in [1.54, 1.807) is 7.11 Å². The minimum atomic E-state index is 0.412. The van der Waals surface area contributed by atoms with Gasteiger partial charge >= 0.3 is 0 Å². The van der Waals surface area contributed by atoms with Crippen LogP contribution in [-0.4, -0.2) is 12.1 Å². The highest BCUT2D eigenvalue weighted by molar-refractivity contribution is 9.10. The molecule has 0 amide bonds. The first kappa shape index (κ1) is 11.4. The second-order valence-electron chi connectivity index (χ2n) is 4.08. The number of nitrogens with zero attached hydrogens (tertiary/aromatic N) is 1. The quantitative estimate of drug-likeness (QED) is 0.825. The van der Waals surface area contributed by atoms with Gasteiger partial charge in [-0.15, -0.1) is 0 Å². The largest absolute Gasteiger partial charge is 0.481 e. The molecule has 1 aromatic carbocycles. The summed E-state index contributed by atoms with van der Waals surface area (Å²) >= 11 is 3.45. The molecule has 0 saturated heterocycles. The Hall–Kier alpha value is -1.09. The zero-order valence-corrected chi connectivity index (χ0v) is 11.2. The Balaban J connectivity index is 2.70. The number of hydrogen-bond donors (Lipinski definition) is 0. The average Bonchev–Trinajstić information content (AvgIpc) is 2.26. The van der Waals surface area contributed by atoms with Crippen LogP contribution < -0.4 is 4.74 Å². The van der Waals surface area contributed by atoms with Gasteiger partial charge in [0.15, 0.2) is 0 Å². The summed E-state index contributed by atoms with van der Waals surface area (Å²) in [7, 11) is 1.66. The third kappa shape index (κ3) is 2.05.